The summed E-state index contributed by atoms with van der Waals surface area (Å²) in [5.74, 6) is -0.0808. The Labute approximate surface area is 138 Å². The van der Waals surface area contributed by atoms with Crippen LogP contribution in [0.2, 0.25) is 0 Å². The Hall–Kier alpha value is -2.96. The zero-order valence-corrected chi connectivity index (χ0v) is 13.1. The molecule has 1 atom stereocenters. The molecule has 1 fully saturated rings. The highest BCUT2D eigenvalue weighted by atomic mass is 16.2. The van der Waals surface area contributed by atoms with Gasteiger partial charge in [0.1, 0.15) is 6.54 Å². The van der Waals surface area contributed by atoms with Crippen LogP contribution in [0, 0.1) is 0 Å². The number of aromatic nitrogens is 4. The van der Waals surface area contributed by atoms with Gasteiger partial charge in [0.05, 0.1) is 23.4 Å². The maximum absolute atomic E-state index is 12.4. The first-order chi connectivity index (χ1) is 11.7. The molecule has 24 heavy (non-hydrogen) atoms. The molecule has 0 aliphatic carbocycles. The van der Waals surface area contributed by atoms with Gasteiger partial charge in [-0.3, -0.25) is 9.59 Å². The van der Waals surface area contributed by atoms with E-state index >= 15 is 0 Å². The third-order valence-electron chi connectivity index (χ3n) is 4.46. The van der Waals surface area contributed by atoms with E-state index in [9.17, 15) is 9.59 Å². The molecule has 1 amide bonds. The quantitative estimate of drug-likeness (QED) is 0.723. The van der Waals surface area contributed by atoms with E-state index < -0.39 is 0 Å². The van der Waals surface area contributed by atoms with Gasteiger partial charge in [0.2, 0.25) is 5.91 Å². The number of likely N-dealkylation sites (tertiary alicyclic amines) is 1. The van der Waals surface area contributed by atoms with E-state index in [1.807, 2.05) is 30.6 Å². The van der Waals surface area contributed by atoms with Gasteiger partial charge in [0.15, 0.2) is 0 Å². The third kappa shape index (κ3) is 2.58. The molecule has 0 unspecified atom stereocenters. The number of para-hydroxylation sites is 2. The summed E-state index contributed by atoms with van der Waals surface area (Å²) in [6.07, 6.45) is 4.23. The van der Waals surface area contributed by atoms with E-state index in [0.717, 1.165) is 17.5 Å². The Morgan fingerprint density at radius 3 is 2.96 bits per heavy atom. The van der Waals surface area contributed by atoms with Gasteiger partial charge in [-0.2, -0.15) is 5.10 Å². The van der Waals surface area contributed by atoms with Crippen molar-refractivity contribution in [2.24, 2.45) is 0 Å². The molecule has 1 aromatic carbocycles. The van der Waals surface area contributed by atoms with Crippen LogP contribution in [0.25, 0.3) is 11.0 Å². The molecule has 0 bridgehead atoms. The number of hydrogen-bond acceptors (Lipinski definition) is 4. The van der Waals surface area contributed by atoms with Crippen molar-refractivity contribution in [3.8, 4) is 0 Å². The van der Waals surface area contributed by atoms with Gasteiger partial charge in [0, 0.05) is 25.4 Å². The second kappa shape index (κ2) is 5.92. The van der Waals surface area contributed by atoms with E-state index in [1.54, 1.807) is 11.0 Å². The molecule has 3 aromatic rings. The van der Waals surface area contributed by atoms with Gasteiger partial charge >= 0.3 is 0 Å². The second-order valence-electron chi connectivity index (χ2n) is 5.94. The third-order valence-corrected chi connectivity index (χ3v) is 4.46. The zero-order valence-electron chi connectivity index (χ0n) is 13.1. The lowest BCUT2D eigenvalue weighted by atomic mass is 10.2. The highest BCUT2D eigenvalue weighted by Crippen LogP contribution is 2.25. The normalized spacial score (nSPS) is 17.5. The minimum atomic E-state index is -0.262. The lowest BCUT2D eigenvalue weighted by molar-refractivity contribution is -0.131. The lowest BCUT2D eigenvalue weighted by Crippen LogP contribution is -2.35. The van der Waals surface area contributed by atoms with Crippen LogP contribution in [-0.2, 0) is 11.3 Å². The molecule has 3 heterocycles. The molecule has 2 aromatic heterocycles. The minimum absolute atomic E-state index is 0.0168. The van der Waals surface area contributed by atoms with E-state index in [-0.39, 0.29) is 24.1 Å². The van der Waals surface area contributed by atoms with Crippen molar-refractivity contribution < 1.29 is 4.79 Å². The standard InChI is InChI=1S/C17H17N5O2/c23-16-6-3-8-19-22(16)11-17(24)20-9-7-13(10-20)21-12-18-14-4-1-2-5-15(14)21/h1-6,8,12-13H,7,9-11H2/t13-/m0/s1. The number of fused-ring (bicyclic) bond motifs is 1. The van der Waals surface area contributed by atoms with Crippen LogP contribution in [0.4, 0.5) is 0 Å². The van der Waals surface area contributed by atoms with E-state index in [0.29, 0.717) is 13.1 Å². The molecule has 7 heteroatoms. The summed E-state index contributed by atoms with van der Waals surface area (Å²) in [4.78, 5) is 30.3. The molecule has 1 saturated heterocycles. The Balaban J connectivity index is 1.49. The maximum atomic E-state index is 12.4. The lowest BCUT2D eigenvalue weighted by Gasteiger charge is -2.17. The predicted molar refractivity (Wildman–Crippen MR) is 88.5 cm³/mol. The summed E-state index contributed by atoms with van der Waals surface area (Å²) in [5.41, 5.74) is 1.78. The zero-order chi connectivity index (χ0) is 16.5. The Morgan fingerprint density at radius 2 is 2.08 bits per heavy atom. The number of amides is 1. The highest BCUT2D eigenvalue weighted by molar-refractivity contribution is 5.77. The van der Waals surface area contributed by atoms with Crippen LogP contribution in [0.5, 0.6) is 0 Å². The number of imidazole rings is 1. The van der Waals surface area contributed by atoms with E-state index in [2.05, 4.69) is 14.6 Å². The van der Waals surface area contributed by atoms with Crippen molar-refractivity contribution in [1.82, 2.24) is 24.2 Å². The number of carbonyl (C=O) groups is 1. The second-order valence-corrected chi connectivity index (χ2v) is 5.94. The Morgan fingerprint density at radius 1 is 1.21 bits per heavy atom. The van der Waals surface area contributed by atoms with Gasteiger partial charge in [-0.15, -0.1) is 0 Å². The summed E-state index contributed by atoms with van der Waals surface area (Å²) in [7, 11) is 0. The molecule has 1 aliphatic rings. The van der Waals surface area contributed by atoms with Gasteiger partial charge in [0.25, 0.3) is 5.56 Å². The summed E-state index contributed by atoms with van der Waals surface area (Å²) in [6, 6.07) is 11.2. The van der Waals surface area contributed by atoms with Crippen molar-refractivity contribution in [1.29, 1.82) is 0 Å². The van der Waals surface area contributed by atoms with Crippen LogP contribution in [0.1, 0.15) is 12.5 Å². The predicted octanol–water partition coefficient (Wildman–Crippen LogP) is 1.07. The number of carbonyl (C=O) groups excluding carboxylic acids is 1. The molecule has 122 valence electrons. The fourth-order valence-electron chi connectivity index (χ4n) is 3.20. The van der Waals surface area contributed by atoms with Gasteiger partial charge in [-0.1, -0.05) is 12.1 Å². The van der Waals surface area contributed by atoms with Gasteiger partial charge in [-0.25, -0.2) is 9.67 Å². The first kappa shape index (κ1) is 14.6. The number of hydrogen-bond donors (Lipinski definition) is 0. The van der Waals surface area contributed by atoms with Crippen LogP contribution in [-0.4, -0.2) is 43.2 Å². The maximum Gasteiger partial charge on any atom is 0.267 e. The summed E-state index contributed by atoms with van der Waals surface area (Å²) in [6.45, 7) is 1.29. The number of benzene rings is 1. The average Bonchev–Trinajstić information content (AvgIpc) is 3.23. The number of rotatable bonds is 3. The van der Waals surface area contributed by atoms with Gasteiger partial charge < -0.3 is 9.47 Å². The smallest absolute Gasteiger partial charge is 0.267 e. The van der Waals surface area contributed by atoms with Crippen molar-refractivity contribution in [3.63, 3.8) is 0 Å². The average molecular weight is 323 g/mol. The molecule has 1 aliphatic heterocycles. The molecule has 0 spiro atoms. The summed E-state index contributed by atoms with van der Waals surface area (Å²) < 4.78 is 3.33. The first-order valence-corrected chi connectivity index (χ1v) is 7.94. The fourth-order valence-corrected chi connectivity index (χ4v) is 3.20. The van der Waals surface area contributed by atoms with Crippen molar-refractivity contribution in [2.45, 2.75) is 19.0 Å². The summed E-state index contributed by atoms with van der Waals surface area (Å²) >= 11 is 0. The van der Waals surface area contributed by atoms with Crippen LogP contribution >= 0.6 is 0 Å². The minimum Gasteiger partial charge on any atom is -0.339 e. The number of nitrogens with zero attached hydrogens (tertiary/aromatic N) is 5. The van der Waals surface area contributed by atoms with Crippen LogP contribution < -0.4 is 5.56 Å². The molecular weight excluding hydrogens is 306 g/mol. The highest BCUT2D eigenvalue weighted by Gasteiger charge is 2.28. The van der Waals surface area contributed by atoms with E-state index in [4.69, 9.17) is 0 Å². The van der Waals surface area contributed by atoms with Crippen molar-refractivity contribution >= 4 is 16.9 Å². The topological polar surface area (TPSA) is 73.0 Å². The first-order valence-electron chi connectivity index (χ1n) is 7.94. The molecule has 0 N–H and O–H groups in total. The van der Waals surface area contributed by atoms with Crippen LogP contribution in [0.3, 0.4) is 0 Å². The molecule has 0 radical (unpaired) electrons. The van der Waals surface area contributed by atoms with Crippen LogP contribution in [0.15, 0.2) is 53.7 Å². The van der Waals surface area contributed by atoms with Crippen molar-refractivity contribution in [3.05, 3.63) is 59.3 Å². The largest absolute Gasteiger partial charge is 0.339 e. The fraction of sp³-hybridized carbons (Fsp3) is 0.294. The summed E-state index contributed by atoms with van der Waals surface area (Å²) in [5, 5.41) is 3.94. The van der Waals surface area contributed by atoms with Gasteiger partial charge in [-0.05, 0) is 24.6 Å². The molecular formula is C17H17N5O2. The Bertz CT molecular complexity index is 945. The SMILES string of the molecule is O=C(Cn1ncccc1=O)N1CC[C@H](n2cnc3ccccc32)C1. The Kier molecular flexibility index (Phi) is 3.60. The van der Waals surface area contributed by atoms with Crippen molar-refractivity contribution in [2.75, 3.05) is 13.1 Å². The molecule has 4 rings (SSSR count). The monoisotopic (exact) mass is 323 g/mol. The molecule has 0 saturated carbocycles. The van der Waals surface area contributed by atoms with E-state index in [1.165, 1.54) is 16.9 Å². The molecule has 7 nitrogen and oxygen atoms in total.